The number of rotatable bonds is 4. The van der Waals surface area contributed by atoms with Crippen LogP contribution in [-0.4, -0.2) is 29.5 Å². The maximum Gasteiger partial charge on any atom is 0.280 e. The zero-order valence-electron chi connectivity index (χ0n) is 11.4. The van der Waals surface area contributed by atoms with Crippen molar-refractivity contribution < 1.29 is 8.78 Å². The highest BCUT2D eigenvalue weighted by molar-refractivity contribution is 5.45. The maximum absolute atomic E-state index is 12.8. The van der Waals surface area contributed by atoms with Crippen molar-refractivity contribution in [2.24, 2.45) is 0 Å². The van der Waals surface area contributed by atoms with Gasteiger partial charge in [-0.15, -0.1) is 0 Å². The number of aromatic amines is 1. The van der Waals surface area contributed by atoms with Crippen LogP contribution in [0.5, 0.6) is 0 Å². The summed E-state index contributed by atoms with van der Waals surface area (Å²) in [6, 6.07) is 1.26. The molecule has 0 saturated carbocycles. The topological polar surface area (TPSA) is 83.8 Å². The van der Waals surface area contributed by atoms with Gasteiger partial charge in [0.2, 0.25) is 0 Å². The van der Waals surface area contributed by atoms with Crippen LogP contribution in [0.2, 0.25) is 0 Å². The van der Waals surface area contributed by atoms with Crippen molar-refractivity contribution in [2.75, 3.05) is 5.32 Å². The van der Waals surface area contributed by atoms with Crippen molar-refractivity contribution in [3.8, 4) is 0 Å². The van der Waals surface area contributed by atoms with E-state index in [0.29, 0.717) is 18.2 Å². The molecule has 3 heterocycles. The lowest BCUT2D eigenvalue weighted by molar-refractivity contribution is 0.146. The van der Waals surface area contributed by atoms with Crippen LogP contribution in [0.15, 0.2) is 12.4 Å². The molecular weight excluding hydrogens is 280 g/mol. The van der Waals surface area contributed by atoms with Gasteiger partial charge in [0.15, 0.2) is 0 Å². The van der Waals surface area contributed by atoms with Crippen molar-refractivity contribution in [3.05, 3.63) is 35.3 Å². The number of hydrogen-bond donors (Lipinski definition) is 2. The third-order valence-corrected chi connectivity index (χ3v) is 3.11. The molecule has 0 saturated heterocycles. The van der Waals surface area contributed by atoms with Gasteiger partial charge in [0.25, 0.3) is 12.2 Å². The molecule has 9 heteroatoms. The Labute approximate surface area is 118 Å². The number of hydrogen-bond acceptors (Lipinski definition) is 5. The van der Waals surface area contributed by atoms with Gasteiger partial charge in [-0.05, 0) is 13.8 Å². The van der Waals surface area contributed by atoms with E-state index >= 15 is 0 Å². The first-order valence-corrected chi connectivity index (χ1v) is 6.29. The second-order valence-electron chi connectivity index (χ2n) is 4.59. The Bertz CT molecular complexity index is 758. The van der Waals surface area contributed by atoms with Crippen molar-refractivity contribution in [1.29, 1.82) is 0 Å². The lowest BCUT2D eigenvalue weighted by Gasteiger charge is -2.08. The molecule has 0 spiro atoms. The van der Waals surface area contributed by atoms with Crippen LogP contribution >= 0.6 is 0 Å². The van der Waals surface area contributed by atoms with Gasteiger partial charge in [-0.2, -0.15) is 14.6 Å². The maximum atomic E-state index is 12.8. The van der Waals surface area contributed by atoms with Gasteiger partial charge < -0.3 is 10.3 Å². The molecule has 0 fully saturated rings. The van der Waals surface area contributed by atoms with Crippen molar-refractivity contribution in [3.63, 3.8) is 0 Å². The van der Waals surface area contributed by atoms with E-state index < -0.39 is 6.43 Å². The van der Waals surface area contributed by atoms with Gasteiger partial charge in [-0.1, -0.05) is 0 Å². The van der Waals surface area contributed by atoms with E-state index in [0.717, 1.165) is 11.4 Å². The lowest BCUT2D eigenvalue weighted by Crippen LogP contribution is -2.09. The fourth-order valence-corrected chi connectivity index (χ4v) is 1.95. The molecule has 2 N–H and O–H groups in total. The highest BCUT2D eigenvalue weighted by Gasteiger charge is 2.14. The number of imidazole rings is 1. The standard InChI is InChI=1S/C12H13F2N7/c1-6-7(2)19-9(18-6)4-15-10-3-8(11(13)14)20-12-16-5-17-21(10)12/h3,5,11,15H,4H2,1-2H3,(H,18,19). The Kier molecular flexibility index (Phi) is 3.24. The third-order valence-electron chi connectivity index (χ3n) is 3.11. The number of anilines is 1. The third kappa shape index (κ3) is 2.54. The van der Waals surface area contributed by atoms with Crippen LogP contribution in [0.4, 0.5) is 14.6 Å². The molecule has 21 heavy (non-hydrogen) atoms. The summed E-state index contributed by atoms with van der Waals surface area (Å²) in [6.07, 6.45) is -1.40. The monoisotopic (exact) mass is 293 g/mol. The molecule has 0 radical (unpaired) electrons. The zero-order chi connectivity index (χ0) is 15.0. The number of nitrogens with one attached hydrogen (secondary N) is 2. The van der Waals surface area contributed by atoms with Crippen LogP contribution in [-0.2, 0) is 6.54 Å². The normalized spacial score (nSPS) is 11.5. The highest BCUT2D eigenvalue weighted by Crippen LogP contribution is 2.20. The van der Waals surface area contributed by atoms with Gasteiger partial charge in [0.1, 0.15) is 23.7 Å². The molecule has 7 nitrogen and oxygen atoms in total. The average Bonchev–Trinajstić information content (AvgIpc) is 3.03. The molecule has 0 aromatic carbocycles. The first kappa shape index (κ1) is 13.4. The SMILES string of the molecule is Cc1nc(CNc2cc(C(F)F)nc3ncnn23)[nH]c1C. The minimum atomic E-state index is -2.67. The van der Waals surface area contributed by atoms with Gasteiger partial charge in [0.05, 0.1) is 12.2 Å². The van der Waals surface area contributed by atoms with Gasteiger partial charge >= 0.3 is 0 Å². The molecule has 0 unspecified atom stereocenters. The summed E-state index contributed by atoms with van der Waals surface area (Å²) in [7, 11) is 0. The van der Waals surface area contributed by atoms with E-state index in [-0.39, 0.29) is 11.5 Å². The summed E-state index contributed by atoms with van der Waals surface area (Å²) in [5.41, 5.74) is 1.53. The number of fused-ring (bicyclic) bond motifs is 1. The minimum Gasteiger partial charge on any atom is -0.363 e. The summed E-state index contributed by atoms with van der Waals surface area (Å²) >= 11 is 0. The Morgan fingerprint density at radius 1 is 1.33 bits per heavy atom. The fourth-order valence-electron chi connectivity index (χ4n) is 1.95. The fraction of sp³-hybridized carbons (Fsp3) is 0.333. The molecule has 110 valence electrons. The number of alkyl halides is 2. The second kappa shape index (κ2) is 5.08. The summed E-state index contributed by atoms with van der Waals surface area (Å²) in [6.45, 7) is 4.17. The summed E-state index contributed by atoms with van der Waals surface area (Å²) in [5.74, 6) is 1.23. The molecule has 0 aliphatic rings. The second-order valence-corrected chi connectivity index (χ2v) is 4.59. The molecule has 3 aromatic rings. The molecule has 0 amide bonds. The van der Waals surface area contributed by atoms with Gasteiger partial charge in [-0.3, -0.25) is 0 Å². The van der Waals surface area contributed by atoms with Crippen LogP contribution in [0.1, 0.15) is 29.3 Å². The number of H-pyrrole nitrogens is 1. The molecule has 0 bridgehead atoms. The number of aryl methyl sites for hydroxylation is 2. The quantitative estimate of drug-likeness (QED) is 0.768. The molecule has 0 aliphatic heterocycles. The zero-order valence-corrected chi connectivity index (χ0v) is 11.4. The van der Waals surface area contributed by atoms with E-state index in [1.807, 2.05) is 13.8 Å². The van der Waals surface area contributed by atoms with Crippen molar-refractivity contribution in [1.82, 2.24) is 29.5 Å². The molecular formula is C12H13F2N7. The number of aromatic nitrogens is 6. The minimum absolute atomic E-state index is 0.127. The first-order valence-electron chi connectivity index (χ1n) is 6.29. The Hall–Kier alpha value is -2.58. The number of nitrogens with zero attached hydrogens (tertiary/aromatic N) is 5. The predicted molar refractivity (Wildman–Crippen MR) is 71.1 cm³/mol. The molecule has 0 atom stereocenters. The van der Waals surface area contributed by atoms with E-state index in [1.54, 1.807) is 0 Å². The average molecular weight is 293 g/mol. The molecule has 3 rings (SSSR count). The van der Waals surface area contributed by atoms with Gasteiger partial charge in [0, 0.05) is 11.8 Å². The van der Waals surface area contributed by atoms with Crippen LogP contribution in [0, 0.1) is 13.8 Å². The summed E-state index contributed by atoms with van der Waals surface area (Å²) in [5, 5.41) is 6.98. The smallest absolute Gasteiger partial charge is 0.280 e. The predicted octanol–water partition coefficient (Wildman–Crippen LogP) is 2.01. The molecule has 3 aromatic heterocycles. The highest BCUT2D eigenvalue weighted by atomic mass is 19.3. The number of halogens is 2. The van der Waals surface area contributed by atoms with Crippen LogP contribution < -0.4 is 5.32 Å². The van der Waals surface area contributed by atoms with Crippen molar-refractivity contribution >= 4 is 11.6 Å². The summed E-state index contributed by atoms with van der Waals surface area (Å²) < 4.78 is 27.0. The largest absolute Gasteiger partial charge is 0.363 e. The Balaban J connectivity index is 1.90. The van der Waals surface area contributed by atoms with Crippen LogP contribution in [0.3, 0.4) is 0 Å². The molecule has 0 aliphatic carbocycles. The first-order chi connectivity index (χ1) is 10.0. The van der Waals surface area contributed by atoms with Gasteiger partial charge in [-0.25, -0.2) is 18.7 Å². The lowest BCUT2D eigenvalue weighted by atomic mass is 10.4. The Morgan fingerprint density at radius 2 is 2.14 bits per heavy atom. The van der Waals surface area contributed by atoms with E-state index in [9.17, 15) is 8.78 Å². The van der Waals surface area contributed by atoms with Crippen molar-refractivity contribution in [2.45, 2.75) is 26.8 Å². The summed E-state index contributed by atoms with van der Waals surface area (Å²) in [4.78, 5) is 15.0. The van der Waals surface area contributed by atoms with E-state index in [1.165, 1.54) is 16.9 Å². The Morgan fingerprint density at radius 3 is 2.81 bits per heavy atom. The van der Waals surface area contributed by atoms with Crippen LogP contribution in [0.25, 0.3) is 5.78 Å². The van der Waals surface area contributed by atoms with E-state index in [2.05, 4.69) is 30.4 Å². The van der Waals surface area contributed by atoms with E-state index in [4.69, 9.17) is 0 Å².